The first-order chi connectivity index (χ1) is 15.2. The van der Waals surface area contributed by atoms with Gasteiger partial charge in [-0.1, -0.05) is 23.7 Å². The van der Waals surface area contributed by atoms with Gasteiger partial charge in [-0.05, 0) is 43.2 Å². The van der Waals surface area contributed by atoms with E-state index < -0.39 is 0 Å². The van der Waals surface area contributed by atoms with Gasteiger partial charge in [0, 0.05) is 43.5 Å². The molecule has 0 aliphatic carbocycles. The SMILES string of the molecule is Clc1ccc(N2CCC(N3CCOCC3)CC2)cc1-c1nc2ccccc2[nH]1.O=CO. The highest BCUT2D eigenvalue weighted by Gasteiger charge is 2.26. The van der Waals surface area contributed by atoms with Crippen LogP contribution in [-0.4, -0.2) is 71.9 Å². The molecule has 2 aliphatic heterocycles. The normalized spacial score (nSPS) is 17.9. The molecule has 1 aromatic heterocycles. The molecule has 8 heteroatoms. The third-order valence-corrected chi connectivity index (χ3v) is 6.32. The number of H-pyrrole nitrogens is 1. The van der Waals surface area contributed by atoms with Gasteiger partial charge < -0.3 is 19.7 Å². The van der Waals surface area contributed by atoms with Crippen LogP contribution in [0.2, 0.25) is 5.02 Å². The number of nitrogens with zero attached hydrogens (tertiary/aromatic N) is 3. The van der Waals surface area contributed by atoms with Crippen molar-refractivity contribution < 1.29 is 14.6 Å². The molecule has 5 rings (SSSR count). The second-order valence-corrected chi connectivity index (χ2v) is 8.15. The average Bonchev–Trinajstić information content (AvgIpc) is 3.25. The second kappa shape index (κ2) is 10.1. The lowest BCUT2D eigenvalue weighted by Gasteiger charge is -2.40. The molecule has 7 nitrogen and oxygen atoms in total. The van der Waals surface area contributed by atoms with E-state index in [1.54, 1.807) is 0 Å². The molecule has 2 aromatic carbocycles. The molecule has 2 N–H and O–H groups in total. The second-order valence-electron chi connectivity index (χ2n) is 7.74. The number of fused-ring (bicyclic) bond motifs is 1. The molecule has 0 unspecified atom stereocenters. The van der Waals surface area contributed by atoms with Crippen molar-refractivity contribution in [2.75, 3.05) is 44.3 Å². The highest BCUT2D eigenvalue weighted by molar-refractivity contribution is 6.33. The fourth-order valence-corrected chi connectivity index (χ4v) is 4.61. The number of anilines is 1. The van der Waals surface area contributed by atoms with E-state index in [2.05, 4.69) is 26.9 Å². The number of aromatic amines is 1. The van der Waals surface area contributed by atoms with Crippen LogP contribution in [0.1, 0.15) is 12.8 Å². The standard InChI is InChI=1S/C22H25ClN4O.CH2O2/c23-19-6-5-17(15-18(19)22-24-20-3-1-2-4-21(20)25-22)26-9-7-16(8-10-26)27-11-13-28-14-12-27;2-1-3/h1-6,15-16H,7-14H2,(H,24,25);1H,(H,2,3). The third-order valence-electron chi connectivity index (χ3n) is 5.99. The van der Waals surface area contributed by atoms with Crippen molar-refractivity contribution in [2.45, 2.75) is 18.9 Å². The van der Waals surface area contributed by atoms with Gasteiger partial charge in [-0.25, -0.2) is 4.98 Å². The molecule has 2 fully saturated rings. The first kappa shape index (κ1) is 21.6. The molecule has 2 aliphatic rings. The minimum atomic E-state index is -0.250. The zero-order valence-corrected chi connectivity index (χ0v) is 18.1. The molecular weight excluding hydrogens is 416 g/mol. The fourth-order valence-electron chi connectivity index (χ4n) is 4.40. The number of aromatic nitrogens is 2. The van der Waals surface area contributed by atoms with Crippen LogP contribution >= 0.6 is 11.6 Å². The van der Waals surface area contributed by atoms with Gasteiger partial charge in [-0.2, -0.15) is 0 Å². The van der Waals surface area contributed by atoms with E-state index in [1.807, 2.05) is 30.3 Å². The van der Waals surface area contributed by atoms with Crippen molar-refractivity contribution in [2.24, 2.45) is 0 Å². The van der Waals surface area contributed by atoms with Crippen molar-refractivity contribution >= 4 is 34.8 Å². The zero-order chi connectivity index (χ0) is 21.6. The van der Waals surface area contributed by atoms with Crippen LogP contribution in [0.15, 0.2) is 42.5 Å². The summed E-state index contributed by atoms with van der Waals surface area (Å²) in [6.45, 7) is 5.78. The highest BCUT2D eigenvalue weighted by atomic mass is 35.5. The number of piperidine rings is 1. The Hall–Kier alpha value is -2.61. The first-order valence-electron chi connectivity index (χ1n) is 10.6. The van der Waals surface area contributed by atoms with Crippen LogP contribution in [0.4, 0.5) is 5.69 Å². The summed E-state index contributed by atoms with van der Waals surface area (Å²) >= 11 is 6.52. The molecule has 0 atom stereocenters. The molecule has 0 amide bonds. The number of ether oxygens (including phenoxy) is 1. The van der Waals surface area contributed by atoms with Crippen molar-refractivity contribution in [1.29, 1.82) is 0 Å². The quantitative estimate of drug-likeness (QED) is 0.599. The zero-order valence-electron chi connectivity index (χ0n) is 17.3. The Labute approximate surface area is 186 Å². The Morgan fingerprint density at radius 3 is 2.52 bits per heavy atom. The summed E-state index contributed by atoms with van der Waals surface area (Å²) in [5, 5.41) is 7.62. The van der Waals surface area contributed by atoms with Crippen LogP contribution in [0.5, 0.6) is 0 Å². The van der Waals surface area contributed by atoms with Gasteiger partial charge in [0.15, 0.2) is 0 Å². The van der Waals surface area contributed by atoms with Crippen molar-refractivity contribution in [1.82, 2.24) is 14.9 Å². The van der Waals surface area contributed by atoms with Crippen LogP contribution in [0.25, 0.3) is 22.4 Å². The Bertz CT molecular complexity index is 978. The maximum atomic E-state index is 8.36. The van der Waals surface area contributed by atoms with E-state index in [-0.39, 0.29) is 6.47 Å². The van der Waals surface area contributed by atoms with Crippen LogP contribution < -0.4 is 4.90 Å². The van der Waals surface area contributed by atoms with E-state index in [0.717, 1.165) is 66.8 Å². The number of nitrogens with one attached hydrogen (secondary N) is 1. The third kappa shape index (κ3) is 5.01. The summed E-state index contributed by atoms with van der Waals surface area (Å²) in [5.74, 6) is 0.830. The molecular formula is C23H27ClN4O3. The molecule has 3 heterocycles. The van der Waals surface area contributed by atoms with Crippen molar-refractivity contribution in [3.05, 3.63) is 47.5 Å². The topological polar surface area (TPSA) is 81.7 Å². The summed E-state index contributed by atoms with van der Waals surface area (Å²) in [6.07, 6.45) is 2.39. The van der Waals surface area contributed by atoms with Gasteiger partial charge in [0.05, 0.1) is 29.3 Å². The smallest absolute Gasteiger partial charge is 0.290 e. The molecule has 3 aromatic rings. The maximum Gasteiger partial charge on any atom is 0.290 e. The van der Waals surface area contributed by atoms with E-state index >= 15 is 0 Å². The number of morpholine rings is 1. The fraction of sp³-hybridized carbons (Fsp3) is 0.391. The van der Waals surface area contributed by atoms with Crippen LogP contribution in [0.3, 0.4) is 0 Å². The van der Waals surface area contributed by atoms with Gasteiger partial charge in [-0.15, -0.1) is 0 Å². The lowest BCUT2D eigenvalue weighted by atomic mass is 10.0. The number of para-hydroxylation sites is 2. The summed E-state index contributed by atoms with van der Waals surface area (Å²) in [5.41, 5.74) is 4.18. The number of carboxylic acid groups (broad SMARTS) is 1. The van der Waals surface area contributed by atoms with E-state index in [4.69, 9.17) is 31.2 Å². The van der Waals surface area contributed by atoms with E-state index in [9.17, 15) is 0 Å². The predicted octanol–water partition coefficient (Wildman–Crippen LogP) is 3.89. The highest BCUT2D eigenvalue weighted by Crippen LogP contribution is 2.33. The molecule has 164 valence electrons. The Morgan fingerprint density at radius 1 is 1.10 bits per heavy atom. The number of imidazole rings is 1. The van der Waals surface area contributed by atoms with Gasteiger partial charge in [0.2, 0.25) is 0 Å². The summed E-state index contributed by atoms with van der Waals surface area (Å²) in [7, 11) is 0. The van der Waals surface area contributed by atoms with Crippen molar-refractivity contribution in [3.63, 3.8) is 0 Å². The minimum Gasteiger partial charge on any atom is -0.483 e. The van der Waals surface area contributed by atoms with Gasteiger partial charge in [0.25, 0.3) is 6.47 Å². The molecule has 0 saturated carbocycles. The lowest BCUT2D eigenvalue weighted by molar-refractivity contribution is -0.122. The van der Waals surface area contributed by atoms with Crippen LogP contribution in [-0.2, 0) is 9.53 Å². The summed E-state index contributed by atoms with van der Waals surface area (Å²) in [6, 6.07) is 15.1. The minimum absolute atomic E-state index is 0.250. The maximum absolute atomic E-state index is 8.36. The van der Waals surface area contributed by atoms with Crippen LogP contribution in [0, 0.1) is 0 Å². The van der Waals surface area contributed by atoms with Crippen molar-refractivity contribution in [3.8, 4) is 11.4 Å². The first-order valence-corrected chi connectivity index (χ1v) is 11.0. The Kier molecular flexibility index (Phi) is 7.06. The molecule has 0 spiro atoms. The summed E-state index contributed by atoms with van der Waals surface area (Å²) < 4.78 is 5.50. The number of rotatable bonds is 3. The average molecular weight is 443 g/mol. The Balaban J connectivity index is 0.000000730. The molecule has 2 saturated heterocycles. The number of carbonyl (C=O) groups is 1. The molecule has 0 bridgehead atoms. The lowest BCUT2D eigenvalue weighted by Crippen LogP contribution is -2.49. The number of benzene rings is 2. The largest absolute Gasteiger partial charge is 0.483 e. The van der Waals surface area contributed by atoms with Gasteiger partial charge in [0.1, 0.15) is 5.82 Å². The Morgan fingerprint density at radius 2 is 1.81 bits per heavy atom. The predicted molar refractivity (Wildman–Crippen MR) is 123 cm³/mol. The number of hydrogen-bond acceptors (Lipinski definition) is 5. The number of hydrogen-bond donors (Lipinski definition) is 2. The molecule has 31 heavy (non-hydrogen) atoms. The van der Waals surface area contributed by atoms with Gasteiger partial charge in [-0.3, -0.25) is 9.69 Å². The number of halogens is 1. The van der Waals surface area contributed by atoms with E-state index in [1.165, 1.54) is 18.5 Å². The monoisotopic (exact) mass is 442 g/mol. The molecule has 0 radical (unpaired) electrons. The van der Waals surface area contributed by atoms with E-state index in [0.29, 0.717) is 6.04 Å². The van der Waals surface area contributed by atoms with Gasteiger partial charge >= 0.3 is 0 Å². The summed E-state index contributed by atoms with van der Waals surface area (Å²) in [4.78, 5) is 21.6.